The molecule has 2 amide bonds. The summed E-state index contributed by atoms with van der Waals surface area (Å²) in [6.07, 6.45) is 5.23. The van der Waals surface area contributed by atoms with Gasteiger partial charge in [0, 0.05) is 27.8 Å². The second-order valence-electron chi connectivity index (χ2n) is 10.6. The molecule has 1 aromatic heterocycles. The molecule has 2 aliphatic rings. The summed E-state index contributed by atoms with van der Waals surface area (Å²) in [7, 11) is 1.58. The lowest BCUT2D eigenvalue weighted by Crippen LogP contribution is -2.40. The third-order valence-corrected chi connectivity index (χ3v) is 9.33. The normalized spacial score (nSPS) is 21.1. The van der Waals surface area contributed by atoms with Gasteiger partial charge in [-0.3, -0.25) is 9.59 Å². The molecular formula is C31H32N2O4S. The number of ether oxygens (including phenoxy) is 1. The molecule has 2 fully saturated rings. The van der Waals surface area contributed by atoms with Crippen molar-refractivity contribution in [3.63, 3.8) is 0 Å². The third-order valence-electron chi connectivity index (χ3n) is 8.26. The van der Waals surface area contributed by atoms with Gasteiger partial charge < -0.3 is 19.8 Å². The van der Waals surface area contributed by atoms with Crippen LogP contribution in [0, 0.1) is 17.8 Å². The van der Waals surface area contributed by atoms with Crippen molar-refractivity contribution < 1.29 is 18.7 Å². The molecule has 7 heteroatoms. The highest BCUT2D eigenvalue weighted by Crippen LogP contribution is 2.49. The first kappa shape index (κ1) is 24.9. The number of hydrogen-bond donors (Lipinski definition) is 2. The number of thioether (sulfide) groups is 1. The number of hydrogen-bond acceptors (Lipinski definition) is 5. The van der Waals surface area contributed by atoms with E-state index in [1.54, 1.807) is 19.2 Å². The van der Waals surface area contributed by atoms with Crippen LogP contribution in [-0.2, 0) is 4.79 Å². The van der Waals surface area contributed by atoms with Crippen LogP contribution >= 0.6 is 11.8 Å². The van der Waals surface area contributed by atoms with Crippen molar-refractivity contribution in [3.05, 3.63) is 66.2 Å². The third kappa shape index (κ3) is 4.75. The molecule has 196 valence electrons. The van der Waals surface area contributed by atoms with E-state index in [2.05, 4.69) is 17.6 Å². The van der Waals surface area contributed by atoms with E-state index in [1.165, 1.54) is 37.4 Å². The molecule has 0 spiro atoms. The van der Waals surface area contributed by atoms with Crippen LogP contribution in [-0.4, -0.2) is 30.7 Å². The Bertz CT molecular complexity index is 1510. The molecule has 2 bridgehead atoms. The van der Waals surface area contributed by atoms with Crippen molar-refractivity contribution in [3.8, 4) is 5.75 Å². The number of furan rings is 1. The van der Waals surface area contributed by atoms with Gasteiger partial charge in [0.2, 0.25) is 5.91 Å². The summed E-state index contributed by atoms with van der Waals surface area (Å²) in [5.74, 6) is 2.79. The van der Waals surface area contributed by atoms with Gasteiger partial charge in [-0.25, -0.2) is 0 Å². The van der Waals surface area contributed by atoms with E-state index in [0.29, 0.717) is 28.5 Å². The number of rotatable bonds is 8. The highest BCUT2D eigenvalue weighted by atomic mass is 32.2. The van der Waals surface area contributed by atoms with Crippen molar-refractivity contribution in [1.82, 2.24) is 5.32 Å². The Hall–Kier alpha value is -3.45. The Morgan fingerprint density at radius 2 is 1.84 bits per heavy atom. The Balaban J connectivity index is 1.15. The molecule has 0 unspecified atom stereocenters. The standard InChI is InChI=1S/C31H32N2O4S/c1-18(23-14-19-11-12-20(23)13-19)32-30(34)17-38-29-10-6-4-8-22(29)31(35)33-25-16-27-24(15-28(25)36-2)21-7-3-5-9-26(21)37-27/h3-10,15-16,18-20,23H,11-14,17H2,1-2H3,(H,32,34)(H,33,35)/t18-,19+,20+,23+/m0/s1. The van der Waals surface area contributed by atoms with Gasteiger partial charge in [0.25, 0.3) is 5.91 Å². The van der Waals surface area contributed by atoms with Crippen LogP contribution in [0.4, 0.5) is 5.69 Å². The molecule has 4 aromatic rings. The van der Waals surface area contributed by atoms with E-state index >= 15 is 0 Å². The minimum absolute atomic E-state index is 0.0116. The average Bonchev–Trinajstić information content (AvgIpc) is 3.66. The summed E-state index contributed by atoms with van der Waals surface area (Å²) in [4.78, 5) is 26.9. The number of nitrogens with one attached hydrogen (secondary N) is 2. The molecule has 6 nitrogen and oxygen atoms in total. The van der Waals surface area contributed by atoms with Gasteiger partial charge in [-0.2, -0.15) is 0 Å². The van der Waals surface area contributed by atoms with Crippen molar-refractivity contribution in [2.45, 2.75) is 43.5 Å². The lowest BCUT2D eigenvalue weighted by Gasteiger charge is -2.28. The fourth-order valence-corrected chi connectivity index (χ4v) is 7.30. The lowest BCUT2D eigenvalue weighted by atomic mass is 9.84. The number of benzene rings is 3. The van der Waals surface area contributed by atoms with E-state index in [9.17, 15) is 9.59 Å². The van der Waals surface area contributed by atoms with Crippen LogP contribution in [0.2, 0.25) is 0 Å². The fourth-order valence-electron chi connectivity index (χ4n) is 6.44. The van der Waals surface area contributed by atoms with E-state index in [1.807, 2.05) is 48.5 Å². The minimum Gasteiger partial charge on any atom is -0.495 e. The molecule has 1 heterocycles. The lowest BCUT2D eigenvalue weighted by molar-refractivity contribution is -0.119. The van der Waals surface area contributed by atoms with Crippen molar-refractivity contribution in [1.29, 1.82) is 0 Å². The van der Waals surface area contributed by atoms with Crippen molar-refractivity contribution in [2.75, 3.05) is 18.2 Å². The first-order valence-electron chi connectivity index (χ1n) is 13.3. The van der Waals surface area contributed by atoms with Crippen LogP contribution in [0.3, 0.4) is 0 Å². The van der Waals surface area contributed by atoms with E-state index in [0.717, 1.165) is 33.1 Å². The van der Waals surface area contributed by atoms with Crippen LogP contribution in [0.15, 0.2) is 70.0 Å². The zero-order valence-corrected chi connectivity index (χ0v) is 22.5. The van der Waals surface area contributed by atoms with E-state index in [-0.39, 0.29) is 23.6 Å². The van der Waals surface area contributed by atoms with Gasteiger partial charge in [-0.1, -0.05) is 36.8 Å². The molecule has 4 atom stereocenters. The first-order chi connectivity index (χ1) is 18.5. The monoisotopic (exact) mass is 528 g/mol. The second kappa shape index (κ2) is 10.4. The van der Waals surface area contributed by atoms with Crippen LogP contribution in [0.1, 0.15) is 43.0 Å². The molecule has 0 aliphatic heterocycles. The molecule has 0 saturated heterocycles. The average molecular weight is 529 g/mol. The summed E-state index contributed by atoms with van der Waals surface area (Å²) in [6, 6.07) is 19.1. The number of para-hydroxylation sites is 1. The largest absolute Gasteiger partial charge is 0.495 e. The number of fused-ring (bicyclic) bond motifs is 5. The van der Waals surface area contributed by atoms with Gasteiger partial charge in [0.1, 0.15) is 16.9 Å². The number of amides is 2. The summed E-state index contributed by atoms with van der Waals surface area (Å²) in [5, 5.41) is 8.13. The number of carbonyl (C=O) groups excluding carboxylic acids is 2. The summed E-state index contributed by atoms with van der Waals surface area (Å²) in [5.41, 5.74) is 2.49. The Morgan fingerprint density at radius 1 is 1.03 bits per heavy atom. The van der Waals surface area contributed by atoms with Gasteiger partial charge in [-0.15, -0.1) is 11.8 Å². The van der Waals surface area contributed by atoms with Crippen LogP contribution in [0.5, 0.6) is 5.75 Å². The van der Waals surface area contributed by atoms with Crippen LogP contribution in [0.25, 0.3) is 21.9 Å². The van der Waals surface area contributed by atoms with Gasteiger partial charge in [-0.05, 0) is 68.2 Å². The maximum Gasteiger partial charge on any atom is 0.256 e. The summed E-state index contributed by atoms with van der Waals surface area (Å²) < 4.78 is 11.6. The Morgan fingerprint density at radius 3 is 2.63 bits per heavy atom. The van der Waals surface area contributed by atoms with Gasteiger partial charge >= 0.3 is 0 Å². The van der Waals surface area contributed by atoms with Gasteiger partial charge in [0.15, 0.2) is 0 Å². The minimum atomic E-state index is -0.266. The summed E-state index contributed by atoms with van der Waals surface area (Å²) >= 11 is 1.39. The highest BCUT2D eigenvalue weighted by Gasteiger charge is 2.42. The zero-order chi connectivity index (χ0) is 26.2. The Kier molecular flexibility index (Phi) is 6.78. The second-order valence-corrected chi connectivity index (χ2v) is 11.6. The van der Waals surface area contributed by atoms with Crippen molar-refractivity contribution >= 4 is 51.2 Å². The molecule has 6 rings (SSSR count). The van der Waals surface area contributed by atoms with Crippen LogP contribution < -0.4 is 15.4 Å². The SMILES string of the molecule is COc1cc2c(cc1NC(=O)c1ccccc1SCC(=O)N[C@@H](C)[C@H]1C[C@@H]3CC[C@@H]1C3)oc1ccccc12. The predicted octanol–water partition coefficient (Wildman–Crippen LogP) is 6.88. The fraction of sp³-hybridized carbons (Fsp3) is 0.355. The number of methoxy groups -OCH3 is 1. The predicted molar refractivity (Wildman–Crippen MR) is 152 cm³/mol. The number of carbonyl (C=O) groups is 2. The maximum atomic E-state index is 13.4. The number of anilines is 1. The molecule has 0 radical (unpaired) electrons. The molecule has 3 aromatic carbocycles. The molecule has 38 heavy (non-hydrogen) atoms. The molecule has 2 N–H and O–H groups in total. The molecule has 2 saturated carbocycles. The quantitative estimate of drug-likeness (QED) is 0.244. The Labute approximate surface area is 226 Å². The topological polar surface area (TPSA) is 80.6 Å². The van der Waals surface area contributed by atoms with Gasteiger partial charge in [0.05, 0.1) is 24.1 Å². The smallest absolute Gasteiger partial charge is 0.256 e. The van der Waals surface area contributed by atoms with E-state index < -0.39 is 0 Å². The molecule has 2 aliphatic carbocycles. The highest BCUT2D eigenvalue weighted by molar-refractivity contribution is 8.00. The zero-order valence-electron chi connectivity index (χ0n) is 21.7. The van der Waals surface area contributed by atoms with Crippen molar-refractivity contribution in [2.24, 2.45) is 17.8 Å². The maximum absolute atomic E-state index is 13.4. The first-order valence-corrected chi connectivity index (χ1v) is 14.3. The van der Waals surface area contributed by atoms with E-state index in [4.69, 9.17) is 9.15 Å². The molecular weight excluding hydrogens is 496 g/mol. The summed E-state index contributed by atoms with van der Waals surface area (Å²) in [6.45, 7) is 2.14.